The van der Waals surface area contributed by atoms with Crippen molar-refractivity contribution >= 4 is 21.4 Å². The molecule has 0 spiro atoms. The van der Waals surface area contributed by atoms with Crippen molar-refractivity contribution < 1.29 is 0 Å². The van der Waals surface area contributed by atoms with Gasteiger partial charge in [-0.1, -0.05) is 0 Å². The smallest absolute Gasteiger partial charge is 0.103 e. The van der Waals surface area contributed by atoms with Gasteiger partial charge < -0.3 is 5.32 Å². The van der Waals surface area contributed by atoms with Crippen LogP contribution in [0.1, 0.15) is 23.7 Å². The Morgan fingerprint density at radius 3 is 3.00 bits per heavy atom. The highest BCUT2D eigenvalue weighted by molar-refractivity contribution is 9.10. The number of pyridine rings is 1. The topological polar surface area (TPSA) is 70.9 Å². The molecule has 1 aliphatic heterocycles. The maximum atomic E-state index is 9.16. The van der Waals surface area contributed by atoms with Crippen molar-refractivity contribution in [2.24, 2.45) is 0 Å². The highest BCUT2D eigenvalue weighted by Crippen LogP contribution is 2.31. The Bertz CT molecular complexity index is 926. The predicted octanol–water partition coefficient (Wildman–Crippen LogP) is 2.67. The maximum absolute atomic E-state index is 9.16. The molecule has 0 radical (unpaired) electrons. The van der Waals surface area contributed by atoms with Crippen LogP contribution in [0.3, 0.4) is 0 Å². The van der Waals surface area contributed by atoms with Gasteiger partial charge in [-0.15, -0.1) is 0 Å². The van der Waals surface area contributed by atoms with Crippen molar-refractivity contribution in [1.29, 1.82) is 5.26 Å². The third kappa shape index (κ3) is 2.26. The third-order valence-corrected chi connectivity index (χ3v) is 5.03. The first-order valence-corrected chi connectivity index (χ1v) is 8.30. The monoisotopic (exact) mass is 370 g/mol. The molecule has 0 aliphatic carbocycles. The Kier molecular flexibility index (Phi) is 3.43. The fraction of sp³-hybridized carbons (Fsp3) is 0.312. The summed E-state index contributed by atoms with van der Waals surface area (Å²) in [5, 5.41) is 21.4. The van der Waals surface area contributed by atoms with E-state index in [1.54, 1.807) is 10.7 Å². The van der Waals surface area contributed by atoms with E-state index in [4.69, 9.17) is 5.26 Å². The lowest BCUT2D eigenvalue weighted by molar-refractivity contribution is 0.480. The number of aromatic nitrogens is 4. The molecule has 3 aromatic rings. The molecule has 3 aromatic heterocycles. The number of fused-ring (bicyclic) bond motifs is 1. The Labute approximate surface area is 141 Å². The molecule has 1 atom stereocenters. The predicted molar refractivity (Wildman–Crippen MR) is 90.1 cm³/mol. The number of nitrogens with one attached hydrogen (secondary N) is 1. The Morgan fingerprint density at radius 2 is 2.26 bits per heavy atom. The third-order valence-electron chi connectivity index (χ3n) is 4.42. The van der Waals surface area contributed by atoms with Crippen LogP contribution in [0.15, 0.2) is 29.1 Å². The maximum Gasteiger partial charge on any atom is 0.103 e. The van der Waals surface area contributed by atoms with Gasteiger partial charge in [-0.3, -0.25) is 4.68 Å². The van der Waals surface area contributed by atoms with E-state index in [0.717, 1.165) is 46.3 Å². The molecule has 1 aliphatic rings. The minimum atomic E-state index is 0.422. The number of hydrogen-bond acceptors (Lipinski definition) is 4. The van der Waals surface area contributed by atoms with E-state index in [9.17, 15) is 0 Å². The molecule has 7 heteroatoms. The van der Waals surface area contributed by atoms with E-state index in [2.05, 4.69) is 49.1 Å². The molecule has 1 fully saturated rings. The minimum Gasteiger partial charge on any atom is -0.315 e. The molecular weight excluding hydrogens is 356 g/mol. The fourth-order valence-corrected chi connectivity index (χ4v) is 3.87. The van der Waals surface area contributed by atoms with Gasteiger partial charge in [0.2, 0.25) is 0 Å². The normalized spacial score (nSPS) is 17.7. The molecule has 0 bridgehead atoms. The van der Waals surface area contributed by atoms with Crippen molar-refractivity contribution in [3.05, 3.63) is 40.4 Å². The lowest BCUT2D eigenvalue weighted by Crippen LogP contribution is -2.15. The van der Waals surface area contributed by atoms with Gasteiger partial charge >= 0.3 is 0 Å². The number of hydrogen-bond donors (Lipinski definition) is 1. The van der Waals surface area contributed by atoms with Gasteiger partial charge in [0, 0.05) is 34.0 Å². The van der Waals surface area contributed by atoms with Crippen LogP contribution < -0.4 is 5.32 Å². The largest absolute Gasteiger partial charge is 0.315 e. The number of rotatable bonds is 2. The zero-order chi connectivity index (χ0) is 16.0. The highest BCUT2D eigenvalue weighted by atomic mass is 79.9. The molecule has 1 N–H and O–H groups in total. The SMILES string of the molecule is Cc1c(-c2cc(Br)c3c(C#N)cnn3c2)cnn1[C@H]1CCNC1. The van der Waals surface area contributed by atoms with Gasteiger partial charge in [0.05, 0.1) is 29.5 Å². The van der Waals surface area contributed by atoms with E-state index in [-0.39, 0.29) is 0 Å². The van der Waals surface area contributed by atoms with Gasteiger partial charge in [0.25, 0.3) is 0 Å². The molecule has 23 heavy (non-hydrogen) atoms. The van der Waals surface area contributed by atoms with E-state index >= 15 is 0 Å². The second-order valence-corrected chi connectivity index (χ2v) is 6.63. The first-order valence-electron chi connectivity index (χ1n) is 7.51. The van der Waals surface area contributed by atoms with Crippen molar-refractivity contribution in [3.8, 4) is 17.2 Å². The summed E-state index contributed by atoms with van der Waals surface area (Å²) < 4.78 is 4.71. The standard InChI is InChI=1S/C16H15BrN6/c1-10-14(8-21-23(10)13-2-3-19-7-13)11-4-15(17)16-12(5-18)6-20-22(16)9-11/h4,6,8-9,13,19H,2-3,7H2,1H3/t13-/m0/s1. The summed E-state index contributed by atoms with van der Waals surface area (Å²) in [7, 11) is 0. The molecule has 0 saturated carbocycles. The van der Waals surface area contributed by atoms with Crippen molar-refractivity contribution in [2.45, 2.75) is 19.4 Å². The molecule has 116 valence electrons. The van der Waals surface area contributed by atoms with Gasteiger partial charge in [-0.25, -0.2) is 4.52 Å². The van der Waals surface area contributed by atoms with Gasteiger partial charge in [-0.05, 0) is 41.9 Å². The average molecular weight is 371 g/mol. The van der Waals surface area contributed by atoms with E-state index in [1.165, 1.54) is 0 Å². The fourth-order valence-electron chi connectivity index (χ4n) is 3.22. The van der Waals surface area contributed by atoms with Gasteiger partial charge in [0.1, 0.15) is 6.07 Å². The lowest BCUT2D eigenvalue weighted by Gasteiger charge is -2.12. The van der Waals surface area contributed by atoms with Crippen molar-refractivity contribution in [1.82, 2.24) is 24.7 Å². The number of nitrogens with zero attached hydrogens (tertiary/aromatic N) is 5. The van der Waals surface area contributed by atoms with Gasteiger partial charge in [-0.2, -0.15) is 15.5 Å². The Balaban J connectivity index is 1.82. The molecule has 0 amide bonds. The van der Waals surface area contributed by atoms with E-state index in [0.29, 0.717) is 11.6 Å². The van der Waals surface area contributed by atoms with Crippen LogP contribution in [0, 0.1) is 18.3 Å². The average Bonchev–Trinajstić information content (AvgIpc) is 3.25. The highest BCUT2D eigenvalue weighted by Gasteiger charge is 2.21. The van der Waals surface area contributed by atoms with Crippen LogP contribution in [0.2, 0.25) is 0 Å². The summed E-state index contributed by atoms with van der Waals surface area (Å²) in [6, 6.07) is 4.61. The molecule has 4 rings (SSSR count). The summed E-state index contributed by atoms with van der Waals surface area (Å²) >= 11 is 3.56. The van der Waals surface area contributed by atoms with Crippen molar-refractivity contribution in [3.63, 3.8) is 0 Å². The molecule has 1 saturated heterocycles. The Hall–Kier alpha value is -2.17. The summed E-state index contributed by atoms with van der Waals surface area (Å²) in [5.41, 5.74) is 4.63. The second-order valence-electron chi connectivity index (χ2n) is 5.77. The lowest BCUT2D eigenvalue weighted by atomic mass is 10.1. The first-order chi connectivity index (χ1) is 11.2. The van der Waals surface area contributed by atoms with E-state index in [1.807, 2.05) is 18.5 Å². The van der Waals surface area contributed by atoms with Crippen LogP contribution in [0.5, 0.6) is 0 Å². The van der Waals surface area contributed by atoms with Crippen LogP contribution >= 0.6 is 15.9 Å². The van der Waals surface area contributed by atoms with E-state index < -0.39 is 0 Å². The summed E-state index contributed by atoms with van der Waals surface area (Å²) in [5.74, 6) is 0. The molecule has 6 nitrogen and oxygen atoms in total. The van der Waals surface area contributed by atoms with Crippen LogP contribution in [0.4, 0.5) is 0 Å². The van der Waals surface area contributed by atoms with Crippen LogP contribution in [-0.2, 0) is 0 Å². The summed E-state index contributed by atoms with van der Waals surface area (Å²) in [4.78, 5) is 0. The molecular formula is C16H15BrN6. The second kappa shape index (κ2) is 5.48. The van der Waals surface area contributed by atoms with Crippen LogP contribution in [-0.4, -0.2) is 32.5 Å². The number of halogens is 1. The first kappa shape index (κ1) is 14.4. The van der Waals surface area contributed by atoms with Crippen molar-refractivity contribution in [2.75, 3.05) is 13.1 Å². The minimum absolute atomic E-state index is 0.422. The zero-order valence-electron chi connectivity index (χ0n) is 12.6. The van der Waals surface area contributed by atoms with Gasteiger partial charge in [0.15, 0.2) is 0 Å². The molecule has 4 heterocycles. The molecule has 0 aromatic carbocycles. The quantitative estimate of drug-likeness (QED) is 0.752. The zero-order valence-corrected chi connectivity index (χ0v) is 14.2. The van der Waals surface area contributed by atoms with Crippen LogP contribution in [0.25, 0.3) is 16.6 Å². The summed E-state index contributed by atoms with van der Waals surface area (Å²) in [6.45, 7) is 4.11. The Morgan fingerprint density at radius 1 is 1.39 bits per heavy atom. The number of nitriles is 1. The summed E-state index contributed by atoms with van der Waals surface area (Å²) in [6.07, 6.45) is 6.55. The molecule has 0 unspecified atom stereocenters.